The average Bonchev–Trinajstić information content (AvgIpc) is 2.81. The highest BCUT2D eigenvalue weighted by atomic mass is 32.1. The van der Waals surface area contributed by atoms with E-state index in [4.69, 9.17) is 5.73 Å². The minimum absolute atomic E-state index is 0.152. The Morgan fingerprint density at radius 1 is 1.81 bits per heavy atom. The molecule has 0 radical (unpaired) electrons. The third-order valence-electron chi connectivity index (χ3n) is 2.92. The number of nitrogens with two attached hydrogens (primary N) is 1. The first-order chi connectivity index (χ1) is 7.70. The first kappa shape index (κ1) is 11.5. The number of aromatic nitrogens is 1. The van der Waals surface area contributed by atoms with Crippen molar-refractivity contribution in [3.05, 3.63) is 16.6 Å². The van der Waals surface area contributed by atoms with Gasteiger partial charge >= 0.3 is 0 Å². The van der Waals surface area contributed by atoms with Crippen LogP contribution in [0.1, 0.15) is 18.0 Å². The fraction of sp³-hybridized carbons (Fsp3) is 0.600. The molecule has 5 nitrogen and oxygen atoms in total. The van der Waals surface area contributed by atoms with Gasteiger partial charge in [0, 0.05) is 31.2 Å². The molecule has 1 aliphatic heterocycles. The molecule has 0 aromatic carbocycles. The lowest BCUT2D eigenvalue weighted by atomic mass is 10.1. The highest BCUT2D eigenvalue weighted by Crippen LogP contribution is 2.24. The second-order valence-electron chi connectivity index (χ2n) is 3.91. The summed E-state index contributed by atoms with van der Waals surface area (Å²) in [6, 6.07) is -0.0766. The van der Waals surface area contributed by atoms with Gasteiger partial charge in [0.15, 0.2) is 0 Å². The van der Waals surface area contributed by atoms with Gasteiger partial charge in [0.05, 0.1) is 6.04 Å². The van der Waals surface area contributed by atoms with E-state index in [1.54, 1.807) is 17.5 Å². The van der Waals surface area contributed by atoms with E-state index in [1.807, 2.05) is 5.38 Å². The van der Waals surface area contributed by atoms with Crippen LogP contribution in [0, 0.1) is 0 Å². The summed E-state index contributed by atoms with van der Waals surface area (Å²) in [6.45, 7) is 4.42. The highest BCUT2D eigenvalue weighted by Gasteiger charge is 2.31. The van der Waals surface area contributed by atoms with E-state index in [0.29, 0.717) is 6.54 Å². The zero-order valence-corrected chi connectivity index (χ0v) is 10.0. The summed E-state index contributed by atoms with van der Waals surface area (Å²) in [4.78, 5) is 17.8. The SMILES string of the molecule is CC(c1nccs1)N1CCNCC1C(N)=O. The molecule has 1 saturated heterocycles. The molecule has 88 valence electrons. The van der Waals surface area contributed by atoms with Gasteiger partial charge in [0.25, 0.3) is 0 Å². The Morgan fingerprint density at radius 2 is 2.62 bits per heavy atom. The van der Waals surface area contributed by atoms with Crippen molar-refractivity contribution in [1.29, 1.82) is 0 Å². The smallest absolute Gasteiger partial charge is 0.236 e. The van der Waals surface area contributed by atoms with E-state index in [0.717, 1.165) is 18.1 Å². The molecular formula is C10H16N4OS. The predicted octanol–water partition coefficient (Wildman–Crippen LogP) is -0.0368. The van der Waals surface area contributed by atoms with Crippen molar-refractivity contribution in [3.8, 4) is 0 Å². The van der Waals surface area contributed by atoms with Gasteiger partial charge in [-0.3, -0.25) is 9.69 Å². The minimum Gasteiger partial charge on any atom is -0.368 e. The number of hydrogen-bond donors (Lipinski definition) is 2. The van der Waals surface area contributed by atoms with E-state index in [1.165, 1.54) is 0 Å². The van der Waals surface area contributed by atoms with Crippen LogP contribution in [0.2, 0.25) is 0 Å². The summed E-state index contributed by atoms with van der Waals surface area (Å²) < 4.78 is 0. The van der Waals surface area contributed by atoms with E-state index >= 15 is 0 Å². The van der Waals surface area contributed by atoms with E-state index in [9.17, 15) is 4.79 Å². The number of piperazine rings is 1. The zero-order chi connectivity index (χ0) is 11.5. The summed E-state index contributed by atoms with van der Waals surface area (Å²) >= 11 is 1.61. The lowest BCUT2D eigenvalue weighted by molar-refractivity contribution is -0.124. The van der Waals surface area contributed by atoms with Gasteiger partial charge in [-0.1, -0.05) is 0 Å². The number of carbonyl (C=O) groups excluding carboxylic acids is 1. The van der Waals surface area contributed by atoms with Crippen molar-refractivity contribution in [2.24, 2.45) is 5.73 Å². The Kier molecular flexibility index (Phi) is 3.52. The van der Waals surface area contributed by atoms with Gasteiger partial charge in [-0.25, -0.2) is 4.98 Å². The predicted molar refractivity (Wildman–Crippen MR) is 63.1 cm³/mol. The van der Waals surface area contributed by atoms with Crippen molar-refractivity contribution < 1.29 is 4.79 Å². The molecule has 1 fully saturated rings. The van der Waals surface area contributed by atoms with Crippen LogP contribution in [0.3, 0.4) is 0 Å². The minimum atomic E-state index is -0.268. The van der Waals surface area contributed by atoms with Crippen LogP contribution in [0.5, 0.6) is 0 Å². The number of carbonyl (C=O) groups is 1. The summed E-state index contributed by atoms with van der Waals surface area (Å²) in [6.07, 6.45) is 1.79. The van der Waals surface area contributed by atoms with Crippen molar-refractivity contribution in [3.63, 3.8) is 0 Å². The maximum absolute atomic E-state index is 11.4. The molecule has 2 heterocycles. The van der Waals surface area contributed by atoms with Crippen LogP contribution in [0.25, 0.3) is 0 Å². The molecule has 2 atom stereocenters. The third-order valence-corrected chi connectivity index (χ3v) is 3.87. The fourth-order valence-corrected chi connectivity index (χ4v) is 2.75. The molecule has 1 amide bonds. The van der Waals surface area contributed by atoms with Crippen LogP contribution in [-0.2, 0) is 4.79 Å². The molecule has 1 aliphatic rings. The van der Waals surface area contributed by atoms with Crippen molar-refractivity contribution in [1.82, 2.24) is 15.2 Å². The van der Waals surface area contributed by atoms with Gasteiger partial charge < -0.3 is 11.1 Å². The van der Waals surface area contributed by atoms with Crippen molar-refractivity contribution in [2.45, 2.75) is 19.0 Å². The number of rotatable bonds is 3. The van der Waals surface area contributed by atoms with E-state index in [2.05, 4.69) is 22.1 Å². The number of amides is 1. The Bertz CT molecular complexity index is 354. The quantitative estimate of drug-likeness (QED) is 0.778. The van der Waals surface area contributed by atoms with Crippen molar-refractivity contribution in [2.75, 3.05) is 19.6 Å². The van der Waals surface area contributed by atoms with Crippen LogP contribution >= 0.6 is 11.3 Å². The first-order valence-electron chi connectivity index (χ1n) is 5.35. The molecule has 1 aromatic rings. The molecule has 0 bridgehead atoms. The number of nitrogens with one attached hydrogen (secondary N) is 1. The van der Waals surface area contributed by atoms with Gasteiger partial charge in [-0.15, -0.1) is 11.3 Å². The van der Waals surface area contributed by atoms with Crippen LogP contribution in [-0.4, -0.2) is 41.5 Å². The Balaban J connectivity index is 2.14. The largest absolute Gasteiger partial charge is 0.368 e. The van der Waals surface area contributed by atoms with Gasteiger partial charge in [0.2, 0.25) is 5.91 Å². The molecular weight excluding hydrogens is 224 g/mol. The zero-order valence-electron chi connectivity index (χ0n) is 9.22. The lowest BCUT2D eigenvalue weighted by Crippen LogP contribution is -2.57. The Hall–Kier alpha value is -0.980. The Labute approximate surface area is 98.7 Å². The molecule has 0 saturated carbocycles. The monoisotopic (exact) mass is 240 g/mol. The molecule has 16 heavy (non-hydrogen) atoms. The van der Waals surface area contributed by atoms with Crippen LogP contribution in [0.4, 0.5) is 0 Å². The summed E-state index contributed by atoms with van der Waals surface area (Å²) in [7, 11) is 0. The van der Waals surface area contributed by atoms with Gasteiger partial charge in [-0.2, -0.15) is 0 Å². The number of primary amides is 1. The molecule has 6 heteroatoms. The number of hydrogen-bond acceptors (Lipinski definition) is 5. The Morgan fingerprint density at radius 3 is 3.25 bits per heavy atom. The summed E-state index contributed by atoms with van der Waals surface area (Å²) in [5.74, 6) is -0.268. The third kappa shape index (κ3) is 2.23. The maximum atomic E-state index is 11.4. The topological polar surface area (TPSA) is 71.2 Å². The normalized spacial score (nSPS) is 24.2. The number of thiazole rings is 1. The second-order valence-corrected chi connectivity index (χ2v) is 4.83. The average molecular weight is 240 g/mol. The summed E-state index contributed by atoms with van der Waals surface area (Å²) in [5, 5.41) is 6.17. The molecule has 2 unspecified atom stereocenters. The van der Waals surface area contributed by atoms with E-state index < -0.39 is 0 Å². The van der Waals surface area contributed by atoms with Gasteiger partial charge in [-0.05, 0) is 6.92 Å². The lowest BCUT2D eigenvalue weighted by Gasteiger charge is -2.37. The van der Waals surface area contributed by atoms with Crippen LogP contribution in [0.15, 0.2) is 11.6 Å². The maximum Gasteiger partial charge on any atom is 0.236 e. The fourth-order valence-electron chi connectivity index (χ4n) is 2.03. The standard InChI is InChI=1S/C10H16N4OS/c1-7(10-13-3-5-16-10)14-4-2-12-6-8(14)9(11)15/h3,5,7-8,12H,2,4,6H2,1H3,(H2,11,15). The van der Waals surface area contributed by atoms with Crippen LogP contribution < -0.4 is 11.1 Å². The number of nitrogens with zero attached hydrogens (tertiary/aromatic N) is 2. The molecule has 2 rings (SSSR count). The van der Waals surface area contributed by atoms with Gasteiger partial charge in [0.1, 0.15) is 11.0 Å². The summed E-state index contributed by atoms with van der Waals surface area (Å²) in [5.41, 5.74) is 5.41. The molecule has 3 N–H and O–H groups in total. The molecule has 0 spiro atoms. The first-order valence-corrected chi connectivity index (χ1v) is 6.23. The van der Waals surface area contributed by atoms with E-state index in [-0.39, 0.29) is 18.0 Å². The second kappa shape index (κ2) is 4.90. The molecule has 1 aromatic heterocycles. The molecule has 0 aliphatic carbocycles. The van der Waals surface area contributed by atoms with Crippen molar-refractivity contribution >= 4 is 17.2 Å². The highest BCUT2D eigenvalue weighted by molar-refractivity contribution is 7.09.